The largest absolute Gasteiger partial charge is 0.389 e. The highest BCUT2D eigenvalue weighted by Crippen LogP contribution is 2.30. The quantitative estimate of drug-likeness (QED) is 0.847. The monoisotopic (exact) mass is 262 g/mol. The van der Waals surface area contributed by atoms with Gasteiger partial charge in [-0.1, -0.05) is 25.2 Å². The first-order valence-electron chi connectivity index (χ1n) is 6.80. The van der Waals surface area contributed by atoms with Crippen molar-refractivity contribution in [1.29, 1.82) is 0 Å². The van der Waals surface area contributed by atoms with Gasteiger partial charge in [-0.15, -0.1) is 0 Å². The van der Waals surface area contributed by atoms with E-state index in [-0.39, 0.29) is 0 Å². The summed E-state index contributed by atoms with van der Waals surface area (Å²) in [6.07, 6.45) is 5.07. The molecule has 1 aliphatic heterocycles. The number of rotatable bonds is 3. The van der Waals surface area contributed by atoms with Crippen LogP contribution < -0.4 is 10.6 Å². The molecule has 0 spiro atoms. The highest BCUT2D eigenvalue weighted by Gasteiger charge is 2.23. The van der Waals surface area contributed by atoms with Gasteiger partial charge < -0.3 is 10.6 Å². The zero-order valence-corrected chi connectivity index (χ0v) is 12.1. The minimum atomic E-state index is 0.505. The van der Waals surface area contributed by atoms with Crippen LogP contribution in [0.4, 0.5) is 5.69 Å². The van der Waals surface area contributed by atoms with Gasteiger partial charge in [0.15, 0.2) is 0 Å². The molecule has 1 saturated heterocycles. The van der Waals surface area contributed by atoms with Gasteiger partial charge in [0.05, 0.1) is 0 Å². The van der Waals surface area contributed by atoms with E-state index in [0.29, 0.717) is 11.0 Å². The lowest BCUT2D eigenvalue weighted by Crippen LogP contribution is -2.40. The van der Waals surface area contributed by atoms with E-state index in [1.165, 1.54) is 36.9 Å². The summed E-state index contributed by atoms with van der Waals surface area (Å²) >= 11 is 5.19. The second-order valence-electron chi connectivity index (χ2n) is 5.14. The highest BCUT2D eigenvalue weighted by atomic mass is 32.1. The fraction of sp³-hybridized carbons (Fsp3) is 0.533. The van der Waals surface area contributed by atoms with Crippen LogP contribution in [-0.4, -0.2) is 17.6 Å². The Bertz CT molecular complexity index is 442. The van der Waals surface area contributed by atoms with Gasteiger partial charge in [0.25, 0.3) is 0 Å². The summed E-state index contributed by atoms with van der Waals surface area (Å²) < 4.78 is 0. The van der Waals surface area contributed by atoms with Gasteiger partial charge in [-0.3, -0.25) is 0 Å². The van der Waals surface area contributed by atoms with E-state index < -0.39 is 0 Å². The van der Waals surface area contributed by atoms with Crippen molar-refractivity contribution in [1.82, 2.24) is 0 Å². The maximum absolute atomic E-state index is 5.86. The molecule has 1 atom stereocenters. The molecule has 0 aliphatic carbocycles. The van der Waals surface area contributed by atoms with Crippen LogP contribution in [0.25, 0.3) is 0 Å². The van der Waals surface area contributed by atoms with E-state index in [0.717, 1.165) is 12.1 Å². The molecule has 1 fully saturated rings. The van der Waals surface area contributed by atoms with Crippen LogP contribution in [0.3, 0.4) is 0 Å². The van der Waals surface area contributed by atoms with E-state index in [1.807, 2.05) is 0 Å². The number of hydrogen-bond donors (Lipinski definition) is 1. The van der Waals surface area contributed by atoms with Crippen molar-refractivity contribution in [2.75, 3.05) is 11.4 Å². The smallest absolute Gasteiger partial charge is 0.106 e. The maximum atomic E-state index is 5.86. The van der Waals surface area contributed by atoms with Gasteiger partial charge in [0, 0.05) is 23.8 Å². The molecule has 2 rings (SSSR count). The van der Waals surface area contributed by atoms with Gasteiger partial charge in [-0.05, 0) is 50.3 Å². The lowest BCUT2D eigenvalue weighted by molar-refractivity contribution is 0.450. The van der Waals surface area contributed by atoms with Crippen LogP contribution in [0, 0.1) is 6.92 Å². The van der Waals surface area contributed by atoms with Crippen LogP contribution in [-0.2, 0) is 0 Å². The number of anilines is 1. The van der Waals surface area contributed by atoms with Crippen molar-refractivity contribution in [3.8, 4) is 0 Å². The normalized spacial score (nSPS) is 19.9. The lowest BCUT2D eigenvalue weighted by atomic mass is 9.97. The standard InChI is InChI=1S/C15H22N2S/c1-3-12-6-4-5-9-17(12)14-10-11(2)7-8-13(14)15(16)18/h7-8,10,12H,3-6,9H2,1-2H3,(H2,16,18). The number of nitrogens with two attached hydrogens (primary N) is 1. The van der Waals surface area contributed by atoms with Crippen molar-refractivity contribution < 1.29 is 0 Å². The first-order valence-corrected chi connectivity index (χ1v) is 7.21. The molecule has 0 bridgehead atoms. The molecule has 1 heterocycles. The van der Waals surface area contributed by atoms with Crippen LogP contribution in [0.15, 0.2) is 18.2 Å². The van der Waals surface area contributed by atoms with Crippen molar-refractivity contribution >= 4 is 22.9 Å². The molecular weight excluding hydrogens is 240 g/mol. The van der Waals surface area contributed by atoms with Gasteiger partial charge in [0.1, 0.15) is 4.99 Å². The molecule has 18 heavy (non-hydrogen) atoms. The summed E-state index contributed by atoms with van der Waals surface area (Å²) in [6, 6.07) is 7.01. The molecule has 2 N–H and O–H groups in total. The fourth-order valence-electron chi connectivity index (χ4n) is 2.83. The van der Waals surface area contributed by atoms with E-state index in [2.05, 4.69) is 36.9 Å². The van der Waals surface area contributed by atoms with Gasteiger partial charge in [-0.2, -0.15) is 0 Å². The molecule has 3 heteroatoms. The molecule has 1 aromatic rings. The molecule has 1 aromatic carbocycles. The Balaban J connectivity index is 2.41. The summed E-state index contributed by atoms with van der Waals surface area (Å²) in [5, 5.41) is 0. The Kier molecular flexibility index (Phi) is 4.23. The Morgan fingerprint density at radius 3 is 2.89 bits per heavy atom. The lowest BCUT2D eigenvalue weighted by Gasteiger charge is -2.38. The highest BCUT2D eigenvalue weighted by molar-refractivity contribution is 7.80. The molecule has 0 amide bonds. The third-order valence-corrected chi connectivity index (χ3v) is 4.05. The summed E-state index contributed by atoms with van der Waals surface area (Å²) in [5.74, 6) is 0. The number of thiocarbonyl (C=S) groups is 1. The summed E-state index contributed by atoms with van der Waals surface area (Å²) in [7, 11) is 0. The molecule has 0 radical (unpaired) electrons. The second-order valence-corrected chi connectivity index (χ2v) is 5.58. The van der Waals surface area contributed by atoms with Crippen LogP contribution in [0.5, 0.6) is 0 Å². The Morgan fingerprint density at radius 2 is 2.22 bits per heavy atom. The Morgan fingerprint density at radius 1 is 1.44 bits per heavy atom. The SMILES string of the molecule is CCC1CCCCN1c1cc(C)ccc1C(N)=S. The molecule has 0 aromatic heterocycles. The topological polar surface area (TPSA) is 29.3 Å². The second kappa shape index (κ2) is 5.70. The van der Waals surface area contributed by atoms with E-state index >= 15 is 0 Å². The fourth-order valence-corrected chi connectivity index (χ4v) is 3.00. The number of benzene rings is 1. The van der Waals surface area contributed by atoms with Gasteiger partial charge in [0.2, 0.25) is 0 Å². The number of nitrogens with zero attached hydrogens (tertiary/aromatic N) is 1. The number of piperidine rings is 1. The number of aryl methyl sites for hydroxylation is 1. The van der Waals surface area contributed by atoms with Gasteiger partial charge in [-0.25, -0.2) is 0 Å². The summed E-state index contributed by atoms with van der Waals surface area (Å²) in [5.41, 5.74) is 9.39. The predicted molar refractivity (Wildman–Crippen MR) is 82.3 cm³/mol. The third kappa shape index (κ3) is 2.66. The van der Waals surface area contributed by atoms with Gasteiger partial charge >= 0.3 is 0 Å². The third-order valence-electron chi connectivity index (χ3n) is 3.83. The van der Waals surface area contributed by atoms with Crippen molar-refractivity contribution in [3.05, 3.63) is 29.3 Å². The zero-order chi connectivity index (χ0) is 13.1. The minimum Gasteiger partial charge on any atom is -0.389 e. The minimum absolute atomic E-state index is 0.505. The van der Waals surface area contributed by atoms with Crippen molar-refractivity contribution in [2.24, 2.45) is 5.73 Å². The summed E-state index contributed by atoms with van der Waals surface area (Å²) in [6.45, 7) is 5.51. The predicted octanol–water partition coefficient (Wildman–Crippen LogP) is 3.40. The molecule has 98 valence electrons. The van der Waals surface area contributed by atoms with Crippen LogP contribution >= 0.6 is 12.2 Å². The molecular formula is C15H22N2S. The first-order chi connectivity index (χ1) is 8.63. The average Bonchev–Trinajstić information content (AvgIpc) is 2.38. The molecule has 2 nitrogen and oxygen atoms in total. The van der Waals surface area contributed by atoms with E-state index in [4.69, 9.17) is 18.0 Å². The zero-order valence-electron chi connectivity index (χ0n) is 11.3. The van der Waals surface area contributed by atoms with E-state index in [9.17, 15) is 0 Å². The first kappa shape index (κ1) is 13.3. The van der Waals surface area contributed by atoms with Crippen LogP contribution in [0.2, 0.25) is 0 Å². The summed E-state index contributed by atoms with van der Waals surface area (Å²) in [4.78, 5) is 3.01. The maximum Gasteiger partial charge on any atom is 0.106 e. The molecule has 1 unspecified atom stereocenters. The van der Waals surface area contributed by atoms with Crippen molar-refractivity contribution in [3.63, 3.8) is 0 Å². The average molecular weight is 262 g/mol. The Labute approximate surface area is 115 Å². The van der Waals surface area contributed by atoms with Crippen molar-refractivity contribution in [2.45, 2.75) is 45.6 Å². The Hall–Kier alpha value is -1.09. The number of hydrogen-bond acceptors (Lipinski definition) is 2. The molecule has 1 aliphatic rings. The van der Waals surface area contributed by atoms with E-state index in [1.54, 1.807) is 0 Å². The molecule has 0 saturated carbocycles. The van der Waals surface area contributed by atoms with Crippen LogP contribution in [0.1, 0.15) is 43.7 Å².